The van der Waals surface area contributed by atoms with Gasteiger partial charge in [0.05, 0.1) is 13.0 Å². The summed E-state index contributed by atoms with van der Waals surface area (Å²) in [6, 6.07) is 6.08. The maximum atomic E-state index is 11.3. The van der Waals surface area contributed by atoms with Gasteiger partial charge >= 0.3 is 5.97 Å². The van der Waals surface area contributed by atoms with Crippen molar-refractivity contribution in [1.82, 2.24) is 0 Å². The molecule has 0 saturated heterocycles. The standard InChI is InChI=1S/C12H16O2S/c1-4-14-12(13)8-10-5-6-11(15-3)9(2)7-10/h5-7H,4,8H2,1-3H3. The predicted molar refractivity (Wildman–Crippen MR) is 63.3 cm³/mol. The first-order chi connectivity index (χ1) is 7.17. The third-order valence-electron chi connectivity index (χ3n) is 2.11. The van der Waals surface area contributed by atoms with Crippen molar-refractivity contribution in [2.75, 3.05) is 12.9 Å². The molecule has 0 spiro atoms. The van der Waals surface area contributed by atoms with Crippen LogP contribution >= 0.6 is 11.8 Å². The van der Waals surface area contributed by atoms with Crippen LogP contribution < -0.4 is 0 Å². The van der Waals surface area contributed by atoms with Crippen LogP contribution in [0.4, 0.5) is 0 Å². The number of benzene rings is 1. The van der Waals surface area contributed by atoms with Crippen molar-refractivity contribution in [3.63, 3.8) is 0 Å². The average Bonchev–Trinajstić information content (AvgIpc) is 2.18. The van der Waals surface area contributed by atoms with Gasteiger partial charge in [0.25, 0.3) is 0 Å². The molecule has 0 fully saturated rings. The van der Waals surface area contributed by atoms with Crippen molar-refractivity contribution in [3.05, 3.63) is 29.3 Å². The molecule has 1 aromatic rings. The second kappa shape index (κ2) is 5.81. The summed E-state index contributed by atoms with van der Waals surface area (Å²) in [5.41, 5.74) is 2.23. The van der Waals surface area contributed by atoms with Crippen LogP contribution in [-0.2, 0) is 16.0 Å². The number of thioether (sulfide) groups is 1. The van der Waals surface area contributed by atoms with Gasteiger partial charge in [0.2, 0.25) is 0 Å². The van der Waals surface area contributed by atoms with Crippen molar-refractivity contribution < 1.29 is 9.53 Å². The van der Waals surface area contributed by atoms with E-state index in [0.717, 1.165) is 5.56 Å². The second-order valence-electron chi connectivity index (χ2n) is 3.29. The van der Waals surface area contributed by atoms with Crippen LogP contribution in [0, 0.1) is 6.92 Å². The van der Waals surface area contributed by atoms with Crippen LogP contribution in [0.1, 0.15) is 18.1 Å². The fraction of sp³-hybridized carbons (Fsp3) is 0.417. The third-order valence-corrected chi connectivity index (χ3v) is 3.01. The summed E-state index contributed by atoms with van der Waals surface area (Å²) in [4.78, 5) is 12.5. The number of aryl methyl sites for hydroxylation is 1. The van der Waals surface area contributed by atoms with E-state index in [-0.39, 0.29) is 5.97 Å². The highest BCUT2D eigenvalue weighted by Gasteiger charge is 2.05. The molecule has 0 saturated carbocycles. The summed E-state index contributed by atoms with van der Waals surface area (Å²) in [7, 11) is 0. The number of hydrogen-bond acceptors (Lipinski definition) is 3. The van der Waals surface area contributed by atoms with Gasteiger partial charge in [-0.05, 0) is 37.3 Å². The molecule has 0 atom stereocenters. The molecular weight excluding hydrogens is 208 g/mol. The smallest absolute Gasteiger partial charge is 0.310 e. The topological polar surface area (TPSA) is 26.3 Å². The molecule has 0 amide bonds. The number of esters is 1. The molecule has 0 N–H and O–H groups in total. The van der Waals surface area contributed by atoms with E-state index in [2.05, 4.69) is 13.0 Å². The SMILES string of the molecule is CCOC(=O)Cc1ccc(SC)c(C)c1. The van der Waals surface area contributed by atoms with Gasteiger partial charge in [-0.2, -0.15) is 0 Å². The molecule has 0 bridgehead atoms. The van der Waals surface area contributed by atoms with Crippen LogP contribution in [-0.4, -0.2) is 18.8 Å². The maximum absolute atomic E-state index is 11.3. The van der Waals surface area contributed by atoms with E-state index < -0.39 is 0 Å². The lowest BCUT2D eigenvalue weighted by molar-refractivity contribution is -0.142. The lowest BCUT2D eigenvalue weighted by Gasteiger charge is -2.06. The van der Waals surface area contributed by atoms with Crippen molar-refractivity contribution >= 4 is 17.7 Å². The summed E-state index contributed by atoms with van der Waals surface area (Å²) in [5.74, 6) is -0.159. The van der Waals surface area contributed by atoms with E-state index in [1.807, 2.05) is 25.3 Å². The first-order valence-electron chi connectivity index (χ1n) is 4.96. The quantitative estimate of drug-likeness (QED) is 0.581. The highest BCUT2D eigenvalue weighted by atomic mass is 32.2. The molecule has 1 aromatic carbocycles. The molecular formula is C12H16O2S. The zero-order valence-corrected chi connectivity index (χ0v) is 10.2. The van der Waals surface area contributed by atoms with Gasteiger partial charge in [0.1, 0.15) is 0 Å². The van der Waals surface area contributed by atoms with Gasteiger partial charge in [-0.1, -0.05) is 12.1 Å². The van der Waals surface area contributed by atoms with Crippen LogP contribution in [0.5, 0.6) is 0 Å². The lowest BCUT2D eigenvalue weighted by Crippen LogP contribution is -2.07. The minimum absolute atomic E-state index is 0.159. The summed E-state index contributed by atoms with van der Waals surface area (Å²) in [6.45, 7) is 4.32. The fourth-order valence-electron chi connectivity index (χ4n) is 1.43. The van der Waals surface area contributed by atoms with E-state index in [1.165, 1.54) is 10.5 Å². The van der Waals surface area contributed by atoms with Gasteiger partial charge < -0.3 is 4.74 Å². The molecule has 0 unspecified atom stereocenters. The van der Waals surface area contributed by atoms with E-state index >= 15 is 0 Å². The van der Waals surface area contributed by atoms with Crippen molar-refractivity contribution in [3.8, 4) is 0 Å². The minimum atomic E-state index is -0.159. The molecule has 0 aliphatic heterocycles. The van der Waals surface area contributed by atoms with Gasteiger partial charge in [0, 0.05) is 4.90 Å². The van der Waals surface area contributed by atoms with Crippen molar-refractivity contribution in [1.29, 1.82) is 0 Å². The number of ether oxygens (including phenoxy) is 1. The highest BCUT2D eigenvalue weighted by Crippen LogP contribution is 2.20. The highest BCUT2D eigenvalue weighted by molar-refractivity contribution is 7.98. The van der Waals surface area contributed by atoms with Gasteiger partial charge in [-0.15, -0.1) is 11.8 Å². The summed E-state index contributed by atoms with van der Waals surface area (Å²) >= 11 is 1.72. The third kappa shape index (κ3) is 3.59. The Hall–Kier alpha value is -0.960. The molecule has 0 aromatic heterocycles. The molecule has 1 rings (SSSR count). The van der Waals surface area contributed by atoms with Crippen LogP contribution in [0.15, 0.2) is 23.1 Å². The van der Waals surface area contributed by atoms with E-state index in [9.17, 15) is 4.79 Å². The molecule has 82 valence electrons. The summed E-state index contributed by atoms with van der Waals surface area (Å²) in [5, 5.41) is 0. The molecule has 0 aliphatic carbocycles. The molecule has 3 heteroatoms. The monoisotopic (exact) mass is 224 g/mol. The lowest BCUT2D eigenvalue weighted by atomic mass is 10.1. The molecule has 2 nitrogen and oxygen atoms in total. The molecule has 0 heterocycles. The first kappa shape index (κ1) is 12.1. The predicted octanol–water partition coefficient (Wildman–Crippen LogP) is 2.82. The van der Waals surface area contributed by atoms with Gasteiger partial charge in [-0.25, -0.2) is 0 Å². The van der Waals surface area contributed by atoms with Crippen molar-refractivity contribution in [2.45, 2.75) is 25.2 Å². The summed E-state index contributed by atoms with van der Waals surface area (Å²) < 4.78 is 4.90. The number of hydrogen-bond donors (Lipinski definition) is 0. The maximum Gasteiger partial charge on any atom is 0.310 e. The largest absolute Gasteiger partial charge is 0.466 e. The number of carbonyl (C=O) groups excluding carboxylic acids is 1. The normalized spacial score (nSPS) is 10.1. The minimum Gasteiger partial charge on any atom is -0.466 e. The Morgan fingerprint density at radius 1 is 1.47 bits per heavy atom. The number of carbonyl (C=O) groups is 1. The Morgan fingerprint density at radius 2 is 2.20 bits per heavy atom. The Bertz CT molecular complexity index is 347. The summed E-state index contributed by atoms with van der Waals surface area (Å²) in [6.07, 6.45) is 2.41. The van der Waals surface area contributed by atoms with E-state index in [4.69, 9.17) is 4.74 Å². The van der Waals surface area contributed by atoms with E-state index in [0.29, 0.717) is 13.0 Å². The zero-order valence-electron chi connectivity index (χ0n) is 9.37. The zero-order chi connectivity index (χ0) is 11.3. The number of rotatable bonds is 4. The fourth-order valence-corrected chi connectivity index (χ4v) is 2.01. The Labute approximate surface area is 95.0 Å². The van der Waals surface area contributed by atoms with Crippen LogP contribution in [0.25, 0.3) is 0 Å². The van der Waals surface area contributed by atoms with Crippen LogP contribution in [0.2, 0.25) is 0 Å². The van der Waals surface area contributed by atoms with Gasteiger partial charge in [-0.3, -0.25) is 4.79 Å². The molecule has 15 heavy (non-hydrogen) atoms. The second-order valence-corrected chi connectivity index (χ2v) is 4.13. The average molecular weight is 224 g/mol. The Morgan fingerprint density at radius 3 is 2.73 bits per heavy atom. The first-order valence-corrected chi connectivity index (χ1v) is 6.19. The van der Waals surface area contributed by atoms with Crippen LogP contribution in [0.3, 0.4) is 0 Å². The van der Waals surface area contributed by atoms with Gasteiger partial charge in [0.15, 0.2) is 0 Å². The molecule has 0 aliphatic rings. The van der Waals surface area contributed by atoms with Crippen molar-refractivity contribution in [2.24, 2.45) is 0 Å². The van der Waals surface area contributed by atoms with E-state index in [1.54, 1.807) is 11.8 Å². The Balaban J connectivity index is 2.71. The molecule has 0 radical (unpaired) electrons. The Kier molecular flexibility index (Phi) is 4.69.